The smallest absolute Gasteiger partial charge is 0.253 e. The minimum Gasteiger partial charge on any atom is -0.379 e. The van der Waals surface area contributed by atoms with E-state index in [-0.39, 0.29) is 11.4 Å². The van der Waals surface area contributed by atoms with Gasteiger partial charge >= 0.3 is 0 Å². The second-order valence-corrected chi connectivity index (χ2v) is 8.57. The van der Waals surface area contributed by atoms with Crippen molar-refractivity contribution in [1.29, 1.82) is 0 Å². The number of benzene rings is 2. The molecule has 29 heavy (non-hydrogen) atoms. The molecule has 0 aromatic heterocycles. The zero-order valence-corrected chi connectivity index (χ0v) is 17.6. The normalized spacial score (nSPS) is 20.0. The van der Waals surface area contributed by atoms with Crippen LogP contribution in [0.15, 0.2) is 54.6 Å². The van der Waals surface area contributed by atoms with Crippen molar-refractivity contribution in [3.8, 4) is 0 Å². The van der Waals surface area contributed by atoms with Crippen LogP contribution < -0.4 is 0 Å². The topological polar surface area (TPSA) is 32.8 Å². The molecule has 1 amide bonds. The SMILES string of the molecule is CC(C)c1ccc(C(=O)N2CCC(c3ccccc3)(N3CCOCC3)CC2)cc1. The standard InChI is InChI=1S/C25H32N2O2/c1-20(2)21-8-10-22(11-9-21)24(28)26-14-12-25(13-15-26,23-6-4-3-5-7-23)27-16-18-29-19-17-27/h3-11,20H,12-19H2,1-2H3. The van der Waals surface area contributed by atoms with Gasteiger partial charge < -0.3 is 9.64 Å². The number of morpholine rings is 1. The maximum absolute atomic E-state index is 13.1. The summed E-state index contributed by atoms with van der Waals surface area (Å²) >= 11 is 0. The van der Waals surface area contributed by atoms with Gasteiger partial charge in [0.15, 0.2) is 0 Å². The molecule has 2 aromatic rings. The van der Waals surface area contributed by atoms with E-state index in [1.165, 1.54) is 11.1 Å². The molecule has 2 saturated heterocycles. The predicted octanol–water partition coefficient (Wildman–Crippen LogP) is 4.27. The Kier molecular flexibility index (Phi) is 6.02. The number of carbonyl (C=O) groups excluding carboxylic acids is 1. The quantitative estimate of drug-likeness (QED) is 0.779. The summed E-state index contributed by atoms with van der Waals surface area (Å²) in [6.07, 6.45) is 1.93. The Bertz CT molecular complexity index is 802. The maximum atomic E-state index is 13.1. The molecule has 0 bridgehead atoms. The molecule has 4 nitrogen and oxygen atoms in total. The van der Waals surface area contributed by atoms with E-state index in [1.807, 2.05) is 17.0 Å². The Labute approximate surface area is 174 Å². The van der Waals surface area contributed by atoms with Gasteiger partial charge in [0, 0.05) is 37.3 Å². The molecular formula is C25H32N2O2. The zero-order chi connectivity index (χ0) is 20.3. The molecule has 0 spiro atoms. The second kappa shape index (κ2) is 8.68. The van der Waals surface area contributed by atoms with Crippen LogP contribution in [0.1, 0.15) is 54.1 Å². The van der Waals surface area contributed by atoms with Crippen LogP contribution in [0.2, 0.25) is 0 Å². The number of nitrogens with zero attached hydrogens (tertiary/aromatic N) is 2. The number of carbonyl (C=O) groups is 1. The summed E-state index contributed by atoms with van der Waals surface area (Å²) in [4.78, 5) is 17.7. The van der Waals surface area contributed by atoms with E-state index in [0.29, 0.717) is 5.92 Å². The molecule has 154 valence electrons. The zero-order valence-electron chi connectivity index (χ0n) is 17.6. The van der Waals surface area contributed by atoms with Gasteiger partial charge in [-0.25, -0.2) is 0 Å². The van der Waals surface area contributed by atoms with E-state index in [1.54, 1.807) is 0 Å². The average Bonchev–Trinajstić information content (AvgIpc) is 2.80. The van der Waals surface area contributed by atoms with Crippen LogP contribution in [0.4, 0.5) is 0 Å². The summed E-state index contributed by atoms with van der Waals surface area (Å²) in [5, 5.41) is 0. The van der Waals surface area contributed by atoms with E-state index >= 15 is 0 Å². The first-order chi connectivity index (χ1) is 14.1. The number of hydrogen-bond acceptors (Lipinski definition) is 3. The largest absolute Gasteiger partial charge is 0.379 e. The molecule has 0 atom stereocenters. The van der Waals surface area contributed by atoms with Gasteiger partial charge in [0.2, 0.25) is 0 Å². The molecule has 0 saturated carbocycles. The first kappa shape index (κ1) is 20.1. The van der Waals surface area contributed by atoms with E-state index < -0.39 is 0 Å². The second-order valence-electron chi connectivity index (χ2n) is 8.57. The van der Waals surface area contributed by atoms with Crippen molar-refractivity contribution in [2.24, 2.45) is 0 Å². The highest BCUT2D eigenvalue weighted by Gasteiger charge is 2.42. The molecular weight excluding hydrogens is 360 g/mol. The molecule has 2 fully saturated rings. The molecule has 2 aliphatic rings. The third-order valence-corrected chi connectivity index (χ3v) is 6.63. The number of hydrogen-bond donors (Lipinski definition) is 0. The lowest BCUT2D eigenvalue weighted by Gasteiger charge is -2.50. The fourth-order valence-corrected chi connectivity index (χ4v) is 4.80. The van der Waals surface area contributed by atoms with E-state index in [9.17, 15) is 4.79 Å². The van der Waals surface area contributed by atoms with Crippen LogP contribution in [-0.2, 0) is 10.3 Å². The predicted molar refractivity (Wildman–Crippen MR) is 116 cm³/mol. The van der Waals surface area contributed by atoms with Crippen molar-refractivity contribution >= 4 is 5.91 Å². The van der Waals surface area contributed by atoms with E-state index in [4.69, 9.17) is 4.74 Å². The number of ether oxygens (including phenoxy) is 1. The number of rotatable bonds is 4. The van der Waals surface area contributed by atoms with E-state index in [0.717, 1.165) is 57.8 Å². The van der Waals surface area contributed by atoms with Gasteiger partial charge in [-0.3, -0.25) is 9.69 Å². The Morgan fingerprint density at radius 1 is 0.897 bits per heavy atom. The van der Waals surface area contributed by atoms with Crippen molar-refractivity contribution in [1.82, 2.24) is 9.80 Å². The molecule has 2 aromatic carbocycles. The summed E-state index contributed by atoms with van der Waals surface area (Å²) in [6.45, 7) is 9.43. The molecule has 2 heterocycles. The minimum absolute atomic E-state index is 0.00329. The summed E-state index contributed by atoms with van der Waals surface area (Å²) in [5.74, 6) is 0.637. The summed E-state index contributed by atoms with van der Waals surface area (Å²) in [6, 6.07) is 19.0. The molecule has 0 aliphatic carbocycles. The Morgan fingerprint density at radius 3 is 2.10 bits per heavy atom. The maximum Gasteiger partial charge on any atom is 0.253 e. The van der Waals surface area contributed by atoms with Crippen LogP contribution in [0.3, 0.4) is 0 Å². The highest BCUT2D eigenvalue weighted by atomic mass is 16.5. The number of likely N-dealkylation sites (tertiary alicyclic amines) is 1. The Hall–Kier alpha value is -2.17. The summed E-state index contributed by atoms with van der Waals surface area (Å²) in [7, 11) is 0. The Morgan fingerprint density at radius 2 is 1.52 bits per heavy atom. The molecule has 0 N–H and O–H groups in total. The van der Waals surface area contributed by atoms with Gasteiger partial charge in [-0.1, -0.05) is 56.3 Å². The number of amides is 1. The first-order valence-electron chi connectivity index (χ1n) is 10.9. The van der Waals surface area contributed by atoms with Crippen molar-refractivity contribution in [3.05, 3.63) is 71.3 Å². The Balaban J connectivity index is 1.51. The lowest BCUT2D eigenvalue weighted by atomic mass is 9.78. The first-order valence-corrected chi connectivity index (χ1v) is 10.9. The molecule has 0 unspecified atom stereocenters. The van der Waals surface area contributed by atoms with Crippen molar-refractivity contribution in [3.63, 3.8) is 0 Å². The van der Waals surface area contributed by atoms with Crippen LogP contribution in [0, 0.1) is 0 Å². The number of piperidine rings is 1. The van der Waals surface area contributed by atoms with Gasteiger partial charge in [-0.15, -0.1) is 0 Å². The van der Waals surface area contributed by atoms with Gasteiger partial charge in [-0.05, 0) is 42.0 Å². The minimum atomic E-state index is 0.00329. The third kappa shape index (κ3) is 4.10. The van der Waals surface area contributed by atoms with Gasteiger partial charge in [0.25, 0.3) is 5.91 Å². The van der Waals surface area contributed by atoms with Gasteiger partial charge in [0.1, 0.15) is 0 Å². The lowest BCUT2D eigenvalue weighted by molar-refractivity contribution is -0.0482. The molecule has 2 aliphatic heterocycles. The van der Waals surface area contributed by atoms with E-state index in [2.05, 4.69) is 61.2 Å². The molecule has 4 heteroatoms. The third-order valence-electron chi connectivity index (χ3n) is 6.63. The van der Waals surface area contributed by atoms with Gasteiger partial charge in [0.05, 0.1) is 13.2 Å². The molecule has 0 radical (unpaired) electrons. The van der Waals surface area contributed by atoms with Crippen LogP contribution in [-0.4, -0.2) is 55.1 Å². The van der Waals surface area contributed by atoms with Crippen molar-refractivity contribution in [2.45, 2.75) is 38.1 Å². The highest BCUT2D eigenvalue weighted by Crippen LogP contribution is 2.39. The van der Waals surface area contributed by atoms with Crippen LogP contribution in [0.5, 0.6) is 0 Å². The van der Waals surface area contributed by atoms with Crippen molar-refractivity contribution in [2.75, 3.05) is 39.4 Å². The van der Waals surface area contributed by atoms with Crippen LogP contribution in [0.25, 0.3) is 0 Å². The lowest BCUT2D eigenvalue weighted by Crippen LogP contribution is -2.57. The van der Waals surface area contributed by atoms with Crippen LogP contribution >= 0.6 is 0 Å². The summed E-state index contributed by atoms with van der Waals surface area (Å²) < 4.78 is 5.61. The summed E-state index contributed by atoms with van der Waals surface area (Å²) in [5.41, 5.74) is 3.45. The van der Waals surface area contributed by atoms with Gasteiger partial charge in [-0.2, -0.15) is 0 Å². The average molecular weight is 393 g/mol. The molecule has 4 rings (SSSR count). The highest BCUT2D eigenvalue weighted by molar-refractivity contribution is 5.94. The van der Waals surface area contributed by atoms with Crippen molar-refractivity contribution < 1.29 is 9.53 Å². The fourth-order valence-electron chi connectivity index (χ4n) is 4.80. The fraction of sp³-hybridized carbons (Fsp3) is 0.480. The monoisotopic (exact) mass is 392 g/mol.